The summed E-state index contributed by atoms with van der Waals surface area (Å²) < 4.78 is 85.2. The van der Waals surface area contributed by atoms with Crippen LogP contribution in [0.4, 0.5) is 0 Å². The van der Waals surface area contributed by atoms with E-state index in [1.165, 1.54) is 12.1 Å². The van der Waals surface area contributed by atoms with Crippen LogP contribution in [-0.2, 0) is 43.7 Å². The average molecular weight is 843 g/mol. The van der Waals surface area contributed by atoms with Crippen molar-refractivity contribution >= 4 is 31.0 Å². The fourth-order valence-corrected chi connectivity index (χ4v) is 8.51. The largest absolute Gasteiger partial charge is 0.481 e. The number of carbonyl (C=O) groups is 1. The van der Waals surface area contributed by atoms with E-state index in [1.807, 2.05) is 30.3 Å². The molecule has 0 bridgehead atoms. The Balaban J connectivity index is 0.000000261. The van der Waals surface area contributed by atoms with Crippen molar-refractivity contribution in [2.45, 2.75) is 45.9 Å². The maximum absolute atomic E-state index is 12.5. The molecule has 0 aliphatic rings. The SMILES string of the molecule is CCOP(=O)(COc1ccc(-c2noc(C)c2-c2ccc(S(N)(=O)=O)cc2)cc1)OCC.CCOP(=O)(COc1ccc(CC(=O)c2ccccc2)cc1)OCC. The van der Waals surface area contributed by atoms with Gasteiger partial charge in [0.25, 0.3) is 0 Å². The lowest BCUT2D eigenvalue weighted by molar-refractivity contribution is 0.0992. The number of benzene rings is 4. The average Bonchev–Trinajstić information content (AvgIpc) is 3.58. The molecule has 0 radical (unpaired) electrons. The van der Waals surface area contributed by atoms with E-state index in [2.05, 4.69) is 5.16 Å². The van der Waals surface area contributed by atoms with Crippen LogP contribution in [-0.4, -0.2) is 58.5 Å². The number of hydrogen-bond acceptors (Lipinski definition) is 13. The van der Waals surface area contributed by atoms with Gasteiger partial charge in [0.15, 0.2) is 18.5 Å². The molecule has 0 fully saturated rings. The Labute approximate surface area is 333 Å². The van der Waals surface area contributed by atoms with Gasteiger partial charge in [-0.3, -0.25) is 13.9 Å². The molecule has 17 heteroatoms. The molecule has 1 aromatic heterocycles. The Morgan fingerprint density at radius 3 is 1.58 bits per heavy atom. The lowest BCUT2D eigenvalue weighted by Gasteiger charge is -2.17. The number of aryl methyl sites for hydroxylation is 1. The van der Waals surface area contributed by atoms with Crippen molar-refractivity contribution in [2.75, 3.05) is 39.1 Å². The molecule has 14 nitrogen and oxygen atoms in total. The number of nitrogens with zero attached hydrogens (tertiary/aromatic N) is 1. The molecule has 57 heavy (non-hydrogen) atoms. The zero-order valence-electron chi connectivity index (χ0n) is 32.5. The number of rotatable bonds is 20. The molecule has 0 spiro atoms. The first kappa shape index (κ1) is 45.3. The fourth-order valence-electron chi connectivity index (χ4n) is 5.36. The lowest BCUT2D eigenvalue weighted by Crippen LogP contribution is -2.11. The maximum atomic E-state index is 12.5. The van der Waals surface area contributed by atoms with E-state index in [9.17, 15) is 22.3 Å². The van der Waals surface area contributed by atoms with Gasteiger partial charge in [0.05, 0.1) is 36.9 Å². The molecule has 0 saturated heterocycles. The van der Waals surface area contributed by atoms with Crippen LogP contribution in [0.15, 0.2) is 113 Å². The Morgan fingerprint density at radius 2 is 1.12 bits per heavy atom. The van der Waals surface area contributed by atoms with Crippen LogP contribution in [0, 0.1) is 6.92 Å². The standard InChI is InChI=1S/C21H25N2O7PS.C19H23O5P/c1-4-28-31(24,29-5-2)14-27-18-10-6-17(7-11-18)21-20(15(3)30-23-21)16-8-12-19(13-9-16)32(22,25)26;1-3-23-25(21,24-4-2)15-22-18-12-10-16(11-13-18)14-19(20)17-8-6-5-7-9-17/h6-13H,4-5,14H2,1-3H3,(H2,22,25,26);5-13H,3-4,14-15H2,1-2H3. The van der Waals surface area contributed by atoms with E-state index < -0.39 is 25.2 Å². The third-order valence-electron chi connectivity index (χ3n) is 7.93. The molecular formula is C40H48N2O12P2S. The van der Waals surface area contributed by atoms with E-state index >= 15 is 0 Å². The van der Waals surface area contributed by atoms with Gasteiger partial charge in [-0.25, -0.2) is 13.6 Å². The number of sulfonamides is 1. The van der Waals surface area contributed by atoms with Crippen molar-refractivity contribution < 1.29 is 54.4 Å². The summed E-state index contributed by atoms with van der Waals surface area (Å²) in [5.74, 6) is 1.69. The number of primary sulfonamides is 1. The van der Waals surface area contributed by atoms with Crippen molar-refractivity contribution in [3.05, 3.63) is 120 Å². The molecule has 0 saturated carbocycles. The normalized spacial score (nSPS) is 11.8. The molecule has 0 aliphatic carbocycles. The van der Waals surface area contributed by atoms with Crippen molar-refractivity contribution in [1.82, 2.24) is 5.16 Å². The fraction of sp³-hybridized carbons (Fsp3) is 0.300. The maximum Gasteiger partial charge on any atom is 0.367 e. The van der Waals surface area contributed by atoms with Crippen LogP contribution in [0.5, 0.6) is 11.5 Å². The highest BCUT2D eigenvalue weighted by Crippen LogP contribution is 2.49. The first-order valence-corrected chi connectivity index (χ1v) is 23.1. The monoisotopic (exact) mass is 842 g/mol. The third-order valence-corrected chi connectivity index (χ3v) is 12.4. The number of nitrogens with two attached hydrogens (primary N) is 1. The number of carbonyl (C=O) groups excluding carboxylic acids is 1. The minimum Gasteiger partial charge on any atom is -0.481 e. The van der Waals surface area contributed by atoms with Gasteiger partial charge in [-0.1, -0.05) is 59.8 Å². The number of hydrogen-bond donors (Lipinski definition) is 1. The Hall–Kier alpha value is -4.43. The Morgan fingerprint density at radius 1 is 0.667 bits per heavy atom. The second-order valence-electron chi connectivity index (χ2n) is 12.1. The van der Waals surface area contributed by atoms with Gasteiger partial charge < -0.3 is 32.1 Å². The molecule has 0 aliphatic heterocycles. The van der Waals surface area contributed by atoms with Gasteiger partial charge in [0.1, 0.15) is 23.0 Å². The Kier molecular flexibility index (Phi) is 17.0. The molecule has 2 N–H and O–H groups in total. The molecule has 0 amide bonds. The smallest absolute Gasteiger partial charge is 0.367 e. The minimum absolute atomic E-state index is 0.0230. The van der Waals surface area contributed by atoms with Gasteiger partial charge in [-0.2, -0.15) is 0 Å². The highest BCUT2D eigenvalue weighted by molar-refractivity contribution is 7.89. The van der Waals surface area contributed by atoms with Gasteiger partial charge in [-0.05, 0) is 94.3 Å². The van der Waals surface area contributed by atoms with E-state index in [1.54, 1.807) is 95.3 Å². The summed E-state index contributed by atoms with van der Waals surface area (Å²) in [5, 5.41) is 9.33. The van der Waals surface area contributed by atoms with Crippen LogP contribution >= 0.6 is 15.2 Å². The van der Waals surface area contributed by atoms with Gasteiger partial charge in [0.2, 0.25) is 10.0 Å². The van der Waals surface area contributed by atoms with Gasteiger partial charge >= 0.3 is 15.2 Å². The van der Waals surface area contributed by atoms with E-state index in [0.717, 1.165) is 22.3 Å². The summed E-state index contributed by atoms with van der Waals surface area (Å²) in [4.78, 5) is 12.2. The van der Waals surface area contributed by atoms with Crippen LogP contribution in [0.25, 0.3) is 22.4 Å². The van der Waals surface area contributed by atoms with Crippen molar-refractivity contribution in [2.24, 2.45) is 5.14 Å². The topological polar surface area (TPSA) is 193 Å². The molecular weight excluding hydrogens is 794 g/mol. The van der Waals surface area contributed by atoms with Crippen molar-refractivity contribution in [1.29, 1.82) is 0 Å². The van der Waals surface area contributed by atoms with Crippen LogP contribution in [0.2, 0.25) is 0 Å². The van der Waals surface area contributed by atoms with Crippen LogP contribution in [0.3, 0.4) is 0 Å². The number of Topliss-reactive ketones (excluding diaryl/α,β-unsaturated/α-hetero) is 1. The first-order valence-electron chi connectivity index (χ1n) is 18.1. The zero-order chi connectivity index (χ0) is 41.5. The predicted octanol–water partition coefficient (Wildman–Crippen LogP) is 9.28. The lowest BCUT2D eigenvalue weighted by atomic mass is 9.99. The number of ether oxygens (including phenoxy) is 2. The highest BCUT2D eigenvalue weighted by atomic mass is 32.2. The van der Waals surface area contributed by atoms with E-state index in [-0.39, 0.29) is 36.6 Å². The minimum atomic E-state index is -3.78. The number of ketones is 1. The zero-order valence-corrected chi connectivity index (χ0v) is 35.1. The second kappa shape index (κ2) is 21.4. The first-order chi connectivity index (χ1) is 27.2. The van der Waals surface area contributed by atoms with Gasteiger partial charge in [0, 0.05) is 17.5 Å². The van der Waals surface area contributed by atoms with Crippen molar-refractivity contribution in [3.63, 3.8) is 0 Å². The molecule has 5 rings (SSSR count). The van der Waals surface area contributed by atoms with Crippen molar-refractivity contribution in [3.8, 4) is 33.9 Å². The molecule has 306 valence electrons. The van der Waals surface area contributed by atoms with E-state index in [0.29, 0.717) is 48.2 Å². The van der Waals surface area contributed by atoms with E-state index in [4.69, 9.17) is 37.2 Å². The summed E-state index contributed by atoms with van der Waals surface area (Å²) in [5.41, 5.74) is 4.40. The summed E-state index contributed by atoms with van der Waals surface area (Å²) in [6, 6.07) is 29.5. The second-order valence-corrected chi connectivity index (χ2v) is 17.7. The molecule has 1 heterocycles. The quantitative estimate of drug-likeness (QED) is 0.0576. The molecule has 5 aromatic rings. The summed E-state index contributed by atoms with van der Waals surface area (Å²) in [6.07, 6.45) is -0.0175. The predicted molar refractivity (Wildman–Crippen MR) is 217 cm³/mol. The molecule has 0 unspecified atom stereocenters. The highest BCUT2D eigenvalue weighted by Gasteiger charge is 2.26. The summed E-state index contributed by atoms with van der Waals surface area (Å²) in [7, 11) is -10.3. The molecule has 0 atom stereocenters. The van der Waals surface area contributed by atoms with Gasteiger partial charge in [-0.15, -0.1) is 0 Å². The summed E-state index contributed by atoms with van der Waals surface area (Å²) >= 11 is 0. The Bertz CT molecular complexity index is 2210. The molecule has 4 aromatic carbocycles. The van der Waals surface area contributed by atoms with Crippen LogP contribution < -0.4 is 14.6 Å². The van der Waals surface area contributed by atoms with Crippen LogP contribution in [0.1, 0.15) is 49.4 Å². The summed E-state index contributed by atoms with van der Waals surface area (Å²) in [6.45, 7) is 9.85. The third kappa shape index (κ3) is 13.6. The number of aromatic nitrogens is 1.